The Morgan fingerprint density at radius 3 is 1.49 bits per heavy atom. The van der Waals surface area contributed by atoms with Crippen LogP contribution in [0.5, 0.6) is 0 Å². The van der Waals surface area contributed by atoms with Crippen LogP contribution in [0.15, 0.2) is 48.6 Å². The zero-order chi connectivity index (χ0) is 31.5. The minimum atomic E-state index is -0.712. The molecule has 4 heteroatoms. The predicted octanol–water partition coefficient (Wildman–Crippen LogP) is 12.4. The minimum Gasteiger partial charge on any atom is -0.481 e. The lowest BCUT2D eigenvalue weighted by atomic mass is 10.0. The van der Waals surface area contributed by atoms with E-state index in [1.165, 1.54) is 64.2 Å². The van der Waals surface area contributed by atoms with E-state index in [-0.39, 0.29) is 18.5 Å². The van der Waals surface area contributed by atoms with Crippen LogP contribution in [-0.4, -0.2) is 23.1 Å². The van der Waals surface area contributed by atoms with Crippen LogP contribution < -0.4 is 0 Å². The molecular formula is C39H68O4. The van der Waals surface area contributed by atoms with Crippen LogP contribution in [-0.2, 0) is 14.3 Å². The molecule has 0 radical (unpaired) electrons. The lowest BCUT2D eigenvalue weighted by Crippen LogP contribution is -2.18. The van der Waals surface area contributed by atoms with Gasteiger partial charge >= 0.3 is 11.9 Å². The molecule has 0 heterocycles. The number of allylic oxidation sites excluding steroid dienone is 8. The Hall–Kier alpha value is -2.10. The summed E-state index contributed by atoms with van der Waals surface area (Å²) in [7, 11) is 0. The van der Waals surface area contributed by atoms with Crippen molar-refractivity contribution >= 4 is 11.9 Å². The Kier molecular flexibility index (Phi) is 32.7. The van der Waals surface area contributed by atoms with Gasteiger partial charge in [0.2, 0.25) is 0 Å². The van der Waals surface area contributed by atoms with Crippen molar-refractivity contribution in [1.82, 2.24) is 0 Å². The second kappa shape index (κ2) is 34.4. The molecule has 0 amide bonds. The molecule has 0 spiro atoms. The van der Waals surface area contributed by atoms with Crippen molar-refractivity contribution in [2.45, 2.75) is 187 Å². The SMILES string of the molecule is CC/C=C\C/C=C\C/C=C\C/C=C\CCC(CCCCCCCC(=O)O)OC(=O)CCCCCCCCCCCCCC. The van der Waals surface area contributed by atoms with Crippen molar-refractivity contribution in [1.29, 1.82) is 0 Å². The van der Waals surface area contributed by atoms with Crippen LogP contribution in [0.25, 0.3) is 0 Å². The maximum Gasteiger partial charge on any atom is 0.306 e. The maximum atomic E-state index is 12.6. The zero-order valence-electron chi connectivity index (χ0n) is 28.3. The lowest BCUT2D eigenvalue weighted by molar-refractivity contribution is -0.150. The summed E-state index contributed by atoms with van der Waals surface area (Å²) >= 11 is 0. The summed E-state index contributed by atoms with van der Waals surface area (Å²) in [6.07, 6.45) is 45.5. The van der Waals surface area contributed by atoms with E-state index in [2.05, 4.69) is 62.5 Å². The largest absolute Gasteiger partial charge is 0.481 e. The van der Waals surface area contributed by atoms with E-state index in [0.717, 1.165) is 89.9 Å². The van der Waals surface area contributed by atoms with Crippen LogP contribution in [0.3, 0.4) is 0 Å². The molecule has 0 fully saturated rings. The number of carboxylic acids is 1. The first-order chi connectivity index (χ1) is 21.1. The molecule has 0 aromatic heterocycles. The number of esters is 1. The van der Waals surface area contributed by atoms with Gasteiger partial charge in [0.05, 0.1) is 0 Å². The molecular weight excluding hydrogens is 532 g/mol. The van der Waals surface area contributed by atoms with Gasteiger partial charge < -0.3 is 9.84 Å². The Labute approximate surface area is 266 Å². The Bertz CT molecular complexity index is 734. The fraction of sp³-hybridized carbons (Fsp3) is 0.744. The number of rotatable bonds is 32. The Morgan fingerprint density at radius 2 is 0.977 bits per heavy atom. The summed E-state index contributed by atoms with van der Waals surface area (Å²) in [6.45, 7) is 4.42. The quantitative estimate of drug-likeness (QED) is 0.0474. The minimum absolute atomic E-state index is 0.0177. The topological polar surface area (TPSA) is 63.6 Å². The third kappa shape index (κ3) is 34.3. The van der Waals surface area contributed by atoms with Crippen molar-refractivity contribution in [2.24, 2.45) is 0 Å². The summed E-state index contributed by atoms with van der Waals surface area (Å²) in [5.74, 6) is -0.750. The van der Waals surface area contributed by atoms with Crippen molar-refractivity contribution in [3.8, 4) is 0 Å². The molecule has 248 valence electrons. The summed E-state index contributed by atoms with van der Waals surface area (Å²) < 4.78 is 5.94. The second-order valence-electron chi connectivity index (χ2n) is 12.0. The number of ether oxygens (including phenoxy) is 1. The molecule has 0 bridgehead atoms. The average Bonchev–Trinajstić information content (AvgIpc) is 2.99. The molecule has 0 aliphatic heterocycles. The molecule has 0 aromatic rings. The van der Waals surface area contributed by atoms with E-state index < -0.39 is 5.97 Å². The van der Waals surface area contributed by atoms with Gasteiger partial charge in [-0.25, -0.2) is 0 Å². The third-order valence-electron chi connectivity index (χ3n) is 7.82. The molecule has 4 nitrogen and oxygen atoms in total. The van der Waals surface area contributed by atoms with Crippen LogP contribution in [0.1, 0.15) is 181 Å². The second-order valence-corrected chi connectivity index (χ2v) is 12.0. The molecule has 0 saturated heterocycles. The first-order valence-corrected chi connectivity index (χ1v) is 18.1. The van der Waals surface area contributed by atoms with Gasteiger partial charge in [-0.3, -0.25) is 9.59 Å². The summed E-state index contributed by atoms with van der Waals surface area (Å²) in [5, 5.41) is 8.79. The fourth-order valence-electron chi connectivity index (χ4n) is 5.18. The standard InChI is InChI=1S/C39H68O4/c1-3-5-7-9-11-13-15-17-18-20-22-25-29-33-37(34-30-26-24-27-31-35-38(40)41)43-39(42)36-32-28-23-21-19-16-14-12-10-8-6-4-2/h5,7,11,13,17-18,22,25,37H,3-4,6,8-10,12,14-16,19-21,23-24,26-36H2,1-2H3,(H,40,41)/b7-5-,13-11-,18-17-,25-22-. The van der Waals surface area contributed by atoms with Crippen LogP contribution in [0, 0.1) is 0 Å². The van der Waals surface area contributed by atoms with Crippen molar-refractivity contribution in [3.05, 3.63) is 48.6 Å². The molecule has 0 aliphatic carbocycles. The molecule has 0 aromatic carbocycles. The number of carbonyl (C=O) groups is 2. The summed E-state index contributed by atoms with van der Waals surface area (Å²) in [5.41, 5.74) is 0. The van der Waals surface area contributed by atoms with Crippen LogP contribution in [0.2, 0.25) is 0 Å². The van der Waals surface area contributed by atoms with E-state index in [9.17, 15) is 9.59 Å². The van der Waals surface area contributed by atoms with E-state index in [1.54, 1.807) is 0 Å². The van der Waals surface area contributed by atoms with E-state index in [0.29, 0.717) is 6.42 Å². The molecule has 1 atom stereocenters. The number of aliphatic carboxylic acids is 1. The van der Waals surface area contributed by atoms with E-state index in [1.807, 2.05) is 0 Å². The van der Waals surface area contributed by atoms with Crippen molar-refractivity contribution in [2.75, 3.05) is 0 Å². The van der Waals surface area contributed by atoms with Gasteiger partial charge in [0.1, 0.15) is 6.10 Å². The molecule has 0 rings (SSSR count). The first-order valence-electron chi connectivity index (χ1n) is 18.1. The number of hydrogen-bond acceptors (Lipinski definition) is 3. The van der Waals surface area contributed by atoms with Crippen LogP contribution in [0.4, 0.5) is 0 Å². The van der Waals surface area contributed by atoms with Gasteiger partial charge in [-0.15, -0.1) is 0 Å². The van der Waals surface area contributed by atoms with Crippen molar-refractivity contribution in [3.63, 3.8) is 0 Å². The number of hydrogen-bond donors (Lipinski definition) is 1. The van der Waals surface area contributed by atoms with Gasteiger partial charge in [-0.2, -0.15) is 0 Å². The number of unbranched alkanes of at least 4 members (excludes halogenated alkanes) is 15. The molecule has 1 N–H and O–H groups in total. The first kappa shape index (κ1) is 40.9. The van der Waals surface area contributed by atoms with Gasteiger partial charge in [0.15, 0.2) is 0 Å². The smallest absolute Gasteiger partial charge is 0.306 e. The zero-order valence-corrected chi connectivity index (χ0v) is 28.3. The molecule has 1 unspecified atom stereocenters. The van der Waals surface area contributed by atoms with Crippen molar-refractivity contribution < 1.29 is 19.4 Å². The van der Waals surface area contributed by atoms with Crippen LogP contribution >= 0.6 is 0 Å². The third-order valence-corrected chi connectivity index (χ3v) is 7.82. The number of carbonyl (C=O) groups excluding carboxylic acids is 1. The summed E-state index contributed by atoms with van der Waals surface area (Å²) in [4.78, 5) is 23.3. The summed E-state index contributed by atoms with van der Waals surface area (Å²) in [6, 6.07) is 0. The predicted molar refractivity (Wildman–Crippen MR) is 185 cm³/mol. The molecule has 0 saturated carbocycles. The monoisotopic (exact) mass is 601 g/mol. The highest BCUT2D eigenvalue weighted by Gasteiger charge is 2.13. The highest BCUT2D eigenvalue weighted by Crippen LogP contribution is 2.17. The van der Waals surface area contributed by atoms with E-state index >= 15 is 0 Å². The number of carboxylic acid groups (broad SMARTS) is 1. The Balaban J connectivity index is 4.21. The Morgan fingerprint density at radius 1 is 0.535 bits per heavy atom. The van der Waals surface area contributed by atoms with Gasteiger partial charge in [0.25, 0.3) is 0 Å². The molecule has 0 aliphatic rings. The molecule has 43 heavy (non-hydrogen) atoms. The lowest BCUT2D eigenvalue weighted by Gasteiger charge is -2.17. The highest BCUT2D eigenvalue weighted by molar-refractivity contribution is 5.69. The van der Waals surface area contributed by atoms with Gasteiger partial charge in [-0.1, -0.05) is 152 Å². The van der Waals surface area contributed by atoms with Gasteiger partial charge in [-0.05, 0) is 64.2 Å². The van der Waals surface area contributed by atoms with E-state index in [4.69, 9.17) is 9.84 Å². The normalized spacial score (nSPS) is 12.8. The maximum absolute atomic E-state index is 12.6. The average molecular weight is 601 g/mol. The van der Waals surface area contributed by atoms with Gasteiger partial charge in [0, 0.05) is 12.8 Å². The fourth-order valence-corrected chi connectivity index (χ4v) is 5.18. The highest BCUT2D eigenvalue weighted by atomic mass is 16.5.